The van der Waals surface area contributed by atoms with Crippen LogP contribution in [0.15, 0.2) is 35.7 Å². The van der Waals surface area contributed by atoms with E-state index in [2.05, 4.69) is 16.0 Å². The van der Waals surface area contributed by atoms with E-state index in [0.717, 1.165) is 11.1 Å². The summed E-state index contributed by atoms with van der Waals surface area (Å²) in [5.74, 6) is -1.02. The van der Waals surface area contributed by atoms with E-state index >= 15 is 0 Å². The van der Waals surface area contributed by atoms with Crippen LogP contribution in [0.1, 0.15) is 40.7 Å². The molecule has 0 bridgehead atoms. The number of fused-ring (bicyclic) bond motifs is 1. The molecule has 1 unspecified atom stereocenters. The van der Waals surface area contributed by atoms with Gasteiger partial charge >= 0.3 is 0 Å². The van der Waals surface area contributed by atoms with Crippen molar-refractivity contribution in [3.05, 3.63) is 51.7 Å². The zero-order valence-electron chi connectivity index (χ0n) is 14.2. The number of carbonyl (C=O) groups is 3. The molecule has 1 atom stereocenters. The minimum absolute atomic E-state index is 0.280. The third-order valence-corrected chi connectivity index (χ3v) is 5.02. The lowest BCUT2D eigenvalue weighted by molar-refractivity contribution is -0.130. The fourth-order valence-electron chi connectivity index (χ4n) is 2.77. The predicted molar refractivity (Wildman–Crippen MR) is 96.6 cm³/mol. The van der Waals surface area contributed by atoms with Crippen molar-refractivity contribution in [3.63, 3.8) is 0 Å². The van der Waals surface area contributed by atoms with Crippen LogP contribution >= 0.6 is 11.3 Å². The Morgan fingerprint density at radius 1 is 1.20 bits per heavy atom. The van der Waals surface area contributed by atoms with E-state index in [1.54, 1.807) is 37.4 Å². The van der Waals surface area contributed by atoms with Crippen molar-refractivity contribution in [2.45, 2.75) is 32.4 Å². The highest BCUT2D eigenvalue weighted by atomic mass is 32.1. The maximum absolute atomic E-state index is 12.7. The molecule has 1 aliphatic heterocycles. The quantitative estimate of drug-likeness (QED) is 0.785. The Hall–Kier alpha value is -2.67. The van der Waals surface area contributed by atoms with Gasteiger partial charge in [-0.05, 0) is 43.8 Å². The van der Waals surface area contributed by atoms with Gasteiger partial charge in [0.2, 0.25) is 5.91 Å². The van der Waals surface area contributed by atoms with Crippen molar-refractivity contribution in [2.24, 2.45) is 0 Å². The van der Waals surface area contributed by atoms with Crippen LogP contribution in [0.2, 0.25) is 0 Å². The van der Waals surface area contributed by atoms with Gasteiger partial charge in [0, 0.05) is 11.3 Å². The zero-order valence-corrected chi connectivity index (χ0v) is 15.0. The Bertz CT molecular complexity index is 843. The normalized spacial score (nSPS) is 16.1. The van der Waals surface area contributed by atoms with Crippen LogP contribution in [0, 0.1) is 6.92 Å². The van der Waals surface area contributed by atoms with E-state index in [-0.39, 0.29) is 11.8 Å². The van der Waals surface area contributed by atoms with E-state index in [4.69, 9.17) is 0 Å². The number of benzene rings is 1. The van der Waals surface area contributed by atoms with Gasteiger partial charge in [-0.2, -0.15) is 0 Å². The van der Waals surface area contributed by atoms with E-state index in [0.29, 0.717) is 10.6 Å². The number of thiophene rings is 1. The largest absolute Gasteiger partial charge is 0.338 e. The molecule has 0 aliphatic carbocycles. The fourth-order valence-corrected chi connectivity index (χ4v) is 3.39. The van der Waals surface area contributed by atoms with Crippen molar-refractivity contribution in [2.75, 3.05) is 5.32 Å². The number of carbonyl (C=O) groups excluding carboxylic acids is 3. The second kappa shape index (κ2) is 6.33. The topological polar surface area (TPSA) is 87.3 Å². The van der Waals surface area contributed by atoms with Crippen LogP contribution in [-0.4, -0.2) is 23.3 Å². The van der Waals surface area contributed by atoms with Gasteiger partial charge in [-0.3, -0.25) is 14.4 Å². The number of amides is 3. The molecule has 25 heavy (non-hydrogen) atoms. The zero-order chi connectivity index (χ0) is 18.2. The highest BCUT2D eigenvalue weighted by Crippen LogP contribution is 2.33. The summed E-state index contributed by atoms with van der Waals surface area (Å²) in [7, 11) is 0. The van der Waals surface area contributed by atoms with Crippen molar-refractivity contribution >= 4 is 34.7 Å². The first-order chi connectivity index (χ1) is 11.8. The lowest BCUT2D eigenvalue weighted by atomic mass is 9.99. The molecule has 0 fully saturated rings. The van der Waals surface area contributed by atoms with Gasteiger partial charge < -0.3 is 16.0 Å². The van der Waals surface area contributed by atoms with Gasteiger partial charge in [0.15, 0.2) is 0 Å². The average Bonchev–Trinajstić information content (AvgIpc) is 3.16. The molecule has 1 aromatic heterocycles. The molecule has 130 valence electrons. The highest BCUT2D eigenvalue weighted by molar-refractivity contribution is 7.12. The van der Waals surface area contributed by atoms with Crippen molar-refractivity contribution in [1.82, 2.24) is 10.6 Å². The number of rotatable bonds is 4. The van der Waals surface area contributed by atoms with Gasteiger partial charge in [0.25, 0.3) is 11.8 Å². The summed E-state index contributed by atoms with van der Waals surface area (Å²) in [5.41, 5.74) is 1.23. The molecule has 3 N–H and O–H groups in total. The molecular formula is C18H19N3O3S. The second-order valence-corrected chi connectivity index (χ2v) is 7.44. The fraction of sp³-hybridized carbons (Fsp3) is 0.278. The van der Waals surface area contributed by atoms with Crippen LogP contribution in [0.5, 0.6) is 0 Å². The summed E-state index contributed by atoms with van der Waals surface area (Å²) < 4.78 is 0. The highest BCUT2D eigenvalue weighted by Gasteiger charge is 2.37. The first-order valence-corrected chi connectivity index (χ1v) is 8.75. The molecular weight excluding hydrogens is 338 g/mol. The molecule has 7 heteroatoms. The first kappa shape index (κ1) is 17.2. The third-order valence-electron chi connectivity index (χ3n) is 4.15. The van der Waals surface area contributed by atoms with Crippen LogP contribution in [0.3, 0.4) is 0 Å². The molecule has 3 amide bonds. The molecule has 3 rings (SSSR count). The maximum atomic E-state index is 12.7. The van der Waals surface area contributed by atoms with E-state index in [9.17, 15) is 14.4 Å². The van der Waals surface area contributed by atoms with Crippen LogP contribution in [-0.2, 0) is 9.59 Å². The number of anilines is 1. The van der Waals surface area contributed by atoms with Gasteiger partial charge in [-0.15, -0.1) is 11.3 Å². The Balaban J connectivity index is 1.76. The van der Waals surface area contributed by atoms with E-state index < -0.39 is 17.5 Å². The van der Waals surface area contributed by atoms with Gasteiger partial charge in [0.1, 0.15) is 11.6 Å². The molecule has 0 spiro atoms. The first-order valence-electron chi connectivity index (χ1n) is 7.87. The second-order valence-electron chi connectivity index (χ2n) is 6.49. The smallest absolute Gasteiger partial charge is 0.262 e. The summed E-state index contributed by atoms with van der Waals surface area (Å²) in [5, 5.41) is 10.0. The summed E-state index contributed by atoms with van der Waals surface area (Å²) in [6.45, 7) is 5.11. The van der Waals surface area contributed by atoms with Gasteiger partial charge in [-0.1, -0.05) is 18.2 Å². The average molecular weight is 357 g/mol. The summed E-state index contributed by atoms with van der Waals surface area (Å²) in [4.78, 5) is 37.7. The molecule has 6 nitrogen and oxygen atoms in total. The van der Waals surface area contributed by atoms with Crippen molar-refractivity contribution in [1.29, 1.82) is 0 Å². The van der Waals surface area contributed by atoms with Crippen molar-refractivity contribution in [3.8, 4) is 0 Å². The van der Waals surface area contributed by atoms with Crippen molar-refractivity contribution < 1.29 is 14.4 Å². The summed E-state index contributed by atoms with van der Waals surface area (Å²) in [6, 6.07) is 8.25. The number of hydrogen-bond acceptors (Lipinski definition) is 4. The third kappa shape index (κ3) is 3.28. The lowest BCUT2D eigenvalue weighted by Crippen LogP contribution is -2.55. The van der Waals surface area contributed by atoms with Crippen LogP contribution in [0.4, 0.5) is 5.69 Å². The van der Waals surface area contributed by atoms with Gasteiger partial charge in [-0.25, -0.2) is 0 Å². The monoisotopic (exact) mass is 357 g/mol. The van der Waals surface area contributed by atoms with E-state index in [1.807, 2.05) is 19.1 Å². The Morgan fingerprint density at radius 2 is 1.96 bits per heavy atom. The molecule has 2 heterocycles. The Labute approximate surface area is 149 Å². The van der Waals surface area contributed by atoms with Gasteiger partial charge in [0.05, 0.1) is 4.88 Å². The minimum Gasteiger partial charge on any atom is -0.338 e. The standard InChI is InChI=1S/C18H19N3O3S/c1-10-6-4-7-11-13(10)14(16(23)19-11)20-17(24)18(2,3)21-15(22)12-8-5-9-25-12/h4-9,14H,1-3H3,(H,19,23)(H,20,24)(H,21,22). The summed E-state index contributed by atoms with van der Waals surface area (Å²) >= 11 is 1.30. The lowest BCUT2D eigenvalue weighted by Gasteiger charge is -2.26. The number of nitrogens with one attached hydrogen (secondary N) is 3. The summed E-state index contributed by atoms with van der Waals surface area (Å²) in [6.07, 6.45) is 0. The maximum Gasteiger partial charge on any atom is 0.262 e. The molecule has 1 aliphatic rings. The number of aryl methyl sites for hydroxylation is 1. The Morgan fingerprint density at radius 3 is 2.64 bits per heavy atom. The predicted octanol–water partition coefficient (Wildman–Crippen LogP) is 2.37. The minimum atomic E-state index is -1.16. The van der Waals surface area contributed by atoms with Crippen LogP contribution in [0.25, 0.3) is 0 Å². The molecule has 0 radical (unpaired) electrons. The SMILES string of the molecule is Cc1cccc2c1C(NC(=O)C(C)(C)NC(=O)c1cccs1)C(=O)N2. The molecule has 1 aromatic carbocycles. The number of hydrogen-bond donors (Lipinski definition) is 3. The molecule has 2 aromatic rings. The van der Waals surface area contributed by atoms with Crippen LogP contribution < -0.4 is 16.0 Å². The molecule has 0 saturated carbocycles. The van der Waals surface area contributed by atoms with E-state index in [1.165, 1.54) is 11.3 Å². The molecule has 0 saturated heterocycles. The Kier molecular flexibility index (Phi) is 4.34.